The average Bonchev–Trinajstić information content (AvgIpc) is 3.32. The third-order valence-corrected chi connectivity index (χ3v) is 12.6. The van der Waals surface area contributed by atoms with Crippen LogP contribution in [0.4, 0.5) is 0 Å². The van der Waals surface area contributed by atoms with Crippen molar-refractivity contribution < 1.29 is 19.4 Å². The number of aliphatic hydroxyl groups excluding tert-OH is 2. The van der Waals surface area contributed by atoms with Gasteiger partial charge in [-0.3, -0.25) is 0 Å². The summed E-state index contributed by atoms with van der Waals surface area (Å²) in [7, 11) is -1.84. The lowest BCUT2D eigenvalue weighted by atomic mass is 9.73. The maximum absolute atomic E-state index is 11.2. The van der Waals surface area contributed by atoms with Crippen LogP contribution in [0, 0.1) is 5.41 Å². The minimum atomic E-state index is -1.84. The molecule has 1 fully saturated rings. The summed E-state index contributed by atoms with van der Waals surface area (Å²) in [6.07, 6.45) is 10.0. The van der Waals surface area contributed by atoms with Gasteiger partial charge in [0.2, 0.25) is 0 Å². The molecule has 0 spiro atoms. The predicted octanol–water partition coefficient (Wildman–Crippen LogP) is 6.14. The molecule has 0 amide bonds. The summed E-state index contributed by atoms with van der Waals surface area (Å²) >= 11 is 0. The highest BCUT2D eigenvalue weighted by Gasteiger charge is 2.52. The molecule has 2 aliphatic rings. The first kappa shape index (κ1) is 26.8. The van der Waals surface area contributed by atoms with Crippen molar-refractivity contribution in [2.75, 3.05) is 13.2 Å². The first-order valence-corrected chi connectivity index (χ1v) is 15.1. The van der Waals surface area contributed by atoms with Crippen LogP contribution in [0.5, 0.6) is 0 Å². The van der Waals surface area contributed by atoms with E-state index < -0.39 is 19.8 Å². The topological polar surface area (TPSA) is 62.2 Å². The largest absolute Gasteiger partial charge is 0.413 e. The van der Waals surface area contributed by atoms with Gasteiger partial charge >= 0.3 is 0 Å². The fourth-order valence-corrected chi connectivity index (χ4v) is 5.27. The molecule has 1 aliphatic heterocycles. The number of hydrogen-bond acceptors (Lipinski definition) is 4. The van der Waals surface area contributed by atoms with Gasteiger partial charge in [0.15, 0.2) is 8.32 Å². The number of aliphatic hydroxyl groups is 2. The van der Waals surface area contributed by atoms with Gasteiger partial charge in [0, 0.05) is 5.41 Å². The average molecular weight is 453 g/mol. The van der Waals surface area contributed by atoms with Crippen molar-refractivity contribution in [3.05, 3.63) is 23.3 Å². The molecule has 180 valence electrons. The van der Waals surface area contributed by atoms with E-state index in [-0.39, 0.29) is 23.4 Å². The Morgan fingerprint density at radius 3 is 2.55 bits per heavy atom. The van der Waals surface area contributed by atoms with E-state index in [2.05, 4.69) is 66.8 Å². The molecule has 1 unspecified atom stereocenters. The number of hydrogen-bond donors (Lipinski definition) is 2. The number of allylic oxidation sites excluding steroid dienone is 3. The van der Waals surface area contributed by atoms with E-state index in [1.165, 1.54) is 11.1 Å². The van der Waals surface area contributed by atoms with Crippen LogP contribution in [0.15, 0.2) is 23.3 Å². The Hall–Kier alpha value is -0.463. The molecule has 0 aromatic rings. The second-order valence-electron chi connectivity index (χ2n) is 12.0. The zero-order valence-corrected chi connectivity index (χ0v) is 22.4. The summed E-state index contributed by atoms with van der Waals surface area (Å²) < 4.78 is 12.6. The molecule has 4 atom stereocenters. The lowest BCUT2D eigenvalue weighted by Crippen LogP contribution is -2.41. The number of ether oxygens (including phenoxy) is 1. The highest BCUT2D eigenvalue weighted by atomic mass is 28.4. The number of fused-ring (bicyclic) bond motifs is 1. The fraction of sp³-hybridized carbons (Fsp3) is 0.846. The van der Waals surface area contributed by atoms with Gasteiger partial charge in [0.1, 0.15) is 0 Å². The molecule has 0 saturated carbocycles. The highest BCUT2D eigenvalue weighted by Crippen LogP contribution is 2.46. The van der Waals surface area contributed by atoms with Crippen LogP contribution in [0.1, 0.15) is 86.5 Å². The lowest BCUT2D eigenvalue weighted by molar-refractivity contribution is -0.0297. The molecule has 0 aromatic carbocycles. The van der Waals surface area contributed by atoms with Gasteiger partial charge < -0.3 is 19.4 Å². The summed E-state index contributed by atoms with van der Waals surface area (Å²) in [6.45, 7) is 18.4. The molecule has 2 N–H and O–H groups in total. The quantitative estimate of drug-likeness (QED) is 0.276. The van der Waals surface area contributed by atoms with Crippen molar-refractivity contribution in [3.8, 4) is 0 Å². The van der Waals surface area contributed by atoms with Gasteiger partial charge in [-0.1, -0.05) is 38.5 Å². The molecular weight excluding hydrogens is 404 g/mol. The van der Waals surface area contributed by atoms with Crippen molar-refractivity contribution >= 4 is 8.32 Å². The molecule has 5 heteroatoms. The van der Waals surface area contributed by atoms with Crippen molar-refractivity contribution in [1.29, 1.82) is 0 Å². The zero-order chi connectivity index (χ0) is 23.5. The third kappa shape index (κ3) is 7.01. The molecule has 4 nitrogen and oxygen atoms in total. The molecule has 0 radical (unpaired) electrons. The summed E-state index contributed by atoms with van der Waals surface area (Å²) in [5.74, 6) is 0. The highest BCUT2D eigenvalue weighted by molar-refractivity contribution is 6.74. The van der Waals surface area contributed by atoms with Crippen LogP contribution in [0.2, 0.25) is 18.1 Å². The molecule has 1 saturated heterocycles. The zero-order valence-electron chi connectivity index (χ0n) is 21.4. The van der Waals surface area contributed by atoms with Crippen LogP contribution in [0.25, 0.3) is 0 Å². The van der Waals surface area contributed by atoms with E-state index in [1.807, 2.05) is 0 Å². The predicted molar refractivity (Wildman–Crippen MR) is 132 cm³/mol. The van der Waals surface area contributed by atoms with Gasteiger partial charge in [0.25, 0.3) is 0 Å². The van der Waals surface area contributed by atoms with Crippen LogP contribution in [-0.2, 0) is 9.16 Å². The van der Waals surface area contributed by atoms with E-state index in [0.29, 0.717) is 19.4 Å². The van der Waals surface area contributed by atoms with E-state index in [1.54, 1.807) is 0 Å². The second kappa shape index (κ2) is 10.2. The van der Waals surface area contributed by atoms with Gasteiger partial charge in [-0.15, -0.1) is 0 Å². The fourth-order valence-electron chi connectivity index (χ4n) is 4.29. The van der Waals surface area contributed by atoms with Crippen molar-refractivity contribution in [2.45, 2.75) is 122 Å². The number of rotatable bonds is 7. The summed E-state index contributed by atoms with van der Waals surface area (Å²) in [5, 5.41) is 21.8. The standard InChI is InChI=1S/C26H48O4Si/c1-20(2)10-9-15-26(19-27)17-13-21(18-29-31(7,8)24(3,4)5)11-12-23-25(6,30-23)16-14-22(26)28/h10,13,22-23,27-28H,9,11-12,14-19H2,1-8H3/b21-13-/t22?,23-,25-,26-/m0/s1. The SMILES string of the molecule is CC(C)=CCC[C@@]1(CO)C/C=C(\CO[Si](C)(C)C(C)(C)C)CC[C@@H]2O[C@@]2(C)CCC1O. The van der Waals surface area contributed by atoms with Crippen LogP contribution in [-0.4, -0.2) is 49.6 Å². The lowest BCUT2D eigenvalue weighted by Gasteiger charge is -2.37. The van der Waals surface area contributed by atoms with E-state index in [4.69, 9.17) is 9.16 Å². The monoisotopic (exact) mass is 452 g/mol. The molecule has 2 rings (SSSR count). The van der Waals surface area contributed by atoms with Gasteiger partial charge in [0.05, 0.1) is 31.0 Å². The summed E-state index contributed by atoms with van der Waals surface area (Å²) in [6, 6.07) is 0. The first-order valence-electron chi connectivity index (χ1n) is 12.2. The Bertz CT molecular complexity index is 659. The Balaban J connectivity index is 2.25. The third-order valence-electron chi connectivity index (χ3n) is 8.12. The Labute approximate surface area is 192 Å². The molecule has 0 aromatic heterocycles. The van der Waals surface area contributed by atoms with Gasteiger partial charge in [-0.2, -0.15) is 0 Å². The van der Waals surface area contributed by atoms with E-state index in [0.717, 1.165) is 32.1 Å². The van der Waals surface area contributed by atoms with Crippen LogP contribution >= 0.6 is 0 Å². The van der Waals surface area contributed by atoms with E-state index in [9.17, 15) is 10.2 Å². The van der Waals surface area contributed by atoms with Gasteiger partial charge in [-0.05, 0) is 89.4 Å². The Morgan fingerprint density at radius 2 is 1.97 bits per heavy atom. The molecule has 31 heavy (non-hydrogen) atoms. The smallest absolute Gasteiger partial charge is 0.192 e. The minimum absolute atomic E-state index is 0.00135. The maximum atomic E-state index is 11.2. The van der Waals surface area contributed by atoms with E-state index >= 15 is 0 Å². The maximum Gasteiger partial charge on any atom is 0.192 e. The summed E-state index contributed by atoms with van der Waals surface area (Å²) in [5.41, 5.74) is 1.92. The second-order valence-corrected chi connectivity index (χ2v) is 16.8. The molecule has 0 bridgehead atoms. The van der Waals surface area contributed by atoms with Crippen molar-refractivity contribution in [2.24, 2.45) is 5.41 Å². The minimum Gasteiger partial charge on any atom is -0.413 e. The summed E-state index contributed by atoms with van der Waals surface area (Å²) in [4.78, 5) is 0. The normalized spacial score (nSPS) is 34.2. The molecule has 1 aliphatic carbocycles. The van der Waals surface area contributed by atoms with Crippen LogP contribution < -0.4 is 0 Å². The first-order chi connectivity index (χ1) is 14.2. The molecular formula is C26H48O4Si. The Morgan fingerprint density at radius 1 is 1.29 bits per heavy atom. The van der Waals surface area contributed by atoms with Gasteiger partial charge in [-0.25, -0.2) is 0 Å². The Kier molecular flexibility index (Phi) is 8.82. The van der Waals surface area contributed by atoms with Crippen molar-refractivity contribution in [1.82, 2.24) is 0 Å². The van der Waals surface area contributed by atoms with Crippen LogP contribution in [0.3, 0.4) is 0 Å². The van der Waals surface area contributed by atoms with Crippen molar-refractivity contribution in [3.63, 3.8) is 0 Å². The number of epoxide rings is 1. The molecule has 1 heterocycles.